The number of ether oxygens (including phenoxy) is 2. The van der Waals surface area contributed by atoms with Crippen molar-refractivity contribution in [1.29, 1.82) is 0 Å². The van der Waals surface area contributed by atoms with Crippen LogP contribution in [-0.2, 0) is 11.3 Å². The minimum absolute atomic E-state index is 0.0319. The molecule has 0 amide bonds. The molecule has 2 aromatic rings. The normalized spacial score (nSPS) is 27.0. The summed E-state index contributed by atoms with van der Waals surface area (Å²) in [5, 5.41) is 0. The fourth-order valence-electron chi connectivity index (χ4n) is 3.64. The lowest BCUT2D eigenvalue weighted by Crippen LogP contribution is -2.33. The summed E-state index contributed by atoms with van der Waals surface area (Å²) in [4.78, 5) is 15.3. The van der Waals surface area contributed by atoms with Gasteiger partial charge in [-0.15, -0.1) is 0 Å². The van der Waals surface area contributed by atoms with Gasteiger partial charge < -0.3 is 9.47 Å². The molecule has 2 unspecified atom stereocenters. The van der Waals surface area contributed by atoms with Crippen molar-refractivity contribution in [2.75, 3.05) is 19.7 Å². The zero-order valence-electron chi connectivity index (χ0n) is 13.9. The Kier molecular flexibility index (Phi) is 4.16. The summed E-state index contributed by atoms with van der Waals surface area (Å²) in [7, 11) is 0. The highest BCUT2D eigenvalue weighted by Crippen LogP contribution is 2.36. The van der Waals surface area contributed by atoms with E-state index in [9.17, 15) is 0 Å². The van der Waals surface area contributed by atoms with E-state index in [0.29, 0.717) is 12.6 Å². The van der Waals surface area contributed by atoms with Gasteiger partial charge in [0.15, 0.2) is 0 Å². The van der Waals surface area contributed by atoms with Crippen LogP contribution in [0.4, 0.5) is 0 Å². The van der Waals surface area contributed by atoms with Crippen molar-refractivity contribution in [3.63, 3.8) is 0 Å². The number of rotatable bonds is 4. The summed E-state index contributed by atoms with van der Waals surface area (Å²) in [6, 6.07) is 8.41. The number of hydrogen-bond acceptors (Lipinski definition) is 6. The summed E-state index contributed by atoms with van der Waals surface area (Å²) in [5.41, 5.74) is 2.09. The third-order valence-corrected chi connectivity index (χ3v) is 4.72. The summed E-state index contributed by atoms with van der Waals surface area (Å²) in [6.45, 7) is 5.47. The number of aryl methyl sites for hydroxylation is 1. The lowest BCUT2D eigenvalue weighted by atomic mass is 9.98. The Morgan fingerprint density at radius 3 is 3.00 bits per heavy atom. The molecule has 6 nitrogen and oxygen atoms in total. The molecule has 2 fully saturated rings. The molecule has 0 aromatic carbocycles. The topological polar surface area (TPSA) is 60.4 Å². The van der Waals surface area contributed by atoms with Crippen LogP contribution in [0.25, 0.3) is 0 Å². The summed E-state index contributed by atoms with van der Waals surface area (Å²) in [6.07, 6.45) is 5.35. The monoisotopic (exact) mass is 326 g/mol. The van der Waals surface area contributed by atoms with E-state index in [4.69, 9.17) is 9.47 Å². The predicted molar refractivity (Wildman–Crippen MR) is 88.6 cm³/mol. The van der Waals surface area contributed by atoms with Crippen LogP contribution in [-0.4, -0.2) is 51.3 Å². The van der Waals surface area contributed by atoms with Crippen molar-refractivity contribution in [2.45, 2.75) is 38.0 Å². The zero-order valence-corrected chi connectivity index (χ0v) is 13.9. The number of pyridine rings is 1. The molecule has 6 heteroatoms. The summed E-state index contributed by atoms with van der Waals surface area (Å²) >= 11 is 0. The van der Waals surface area contributed by atoms with Crippen molar-refractivity contribution in [1.82, 2.24) is 19.9 Å². The fraction of sp³-hybridized carbons (Fsp3) is 0.500. The van der Waals surface area contributed by atoms with Gasteiger partial charge in [-0.2, -0.15) is 0 Å². The van der Waals surface area contributed by atoms with Crippen LogP contribution in [0.15, 0.2) is 36.7 Å². The van der Waals surface area contributed by atoms with E-state index >= 15 is 0 Å². The third-order valence-electron chi connectivity index (χ3n) is 4.72. The van der Waals surface area contributed by atoms with Crippen LogP contribution in [0.5, 0.6) is 6.01 Å². The molecule has 4 rings (SSSR count). The van der Waals surface area contributed by atoms with E-state index < -0.39 is 0 Å². The first-order valence-electron chi connectivity index (χ1n) is 8.43. The molecular weight excluding hydrogens is 304 g/mol. The molecule has 2 aliphatic rings. The molecule has 2 saturated heterocycles. The summed E-state index contributed by atoms with van der Waals surface area (Å²) < 4.78 is 12.0. The largest absolute Gasteiger partial charge is 0.458 e. The van der Waals surface area contributed by atoms with Crippen molar-refractivity contribution in [3.05, 3.63) is 48.0 Å². The molecule has 2 atom stereocenters. The summed E-state index contributed by atoms with van der Waals surface area (Å²) in [5.74, 6) is 0. The van der Waals surface area contributed by atoms with Gasteiger partial charge >= 0.3 is 6.01 Å². The quantitative estimate of drug-likeness (QED) is 0.856. The maximum atomic E-state index is 6.14. The van der Waals surface area contributed by atoms with Crippen molar-refractivity contribution < 1.29 is 9.47 Å². The van der Waals surface area contributed by atoms with Crippen molar-refractivity contribution >= 4 is 0 Å². The van der Waals surface area contributed by atoms with Crippen LogP contribution in [0, 0.1) is 6.92 Å². The van der Waals surface area contributed by atoms with E-state index in [1.54, 1.807) is 18.5 Å². The van der Waals surface area contributed by atoms with E-state index in [2.05, 4.69) is 32.0 Å². The van der Waals surface area contributed by atoms with Crippen molar-refractivity contribution in [3.8, 4) is 6.01 Å². The van der Waals surface area contributed by atoms with Gasteiger partial charge in [-0.1, -0.05) is 6.07 Å². The molecule has 1 spiro atoms. The molecular formula is C18H22N4O2. The molecule has 0 radical (unpaired) electrons. The number of aromatic nitrogens is 3. The van der Waals surface area contributed by atoms with Crippen LogP contribution in [0.2, 0.25) is 0 Å². The van der Waals surface area contributed by atoms with Gasteiger partial charge in [0.25, 0.3) is 0 Å². The molecule has 0 N–H and O–H groups in total. The second-order valence-electron chi connectivity index (χ2n) is 6.70. The molecule has 2 aromatic heterocycles. The Labute approximate surface area is 141 Å². The van der Waals surface area contributed by atoms with E-state index in [-0.39, 0.29) is 11.7 Å². The Bertz CT molecular complexity index is 696. The first-order valence-corrected chi connectivity index (χ1v) is 8.43. The van der Waals surface area contributed by atoms with Gasteiger partial charge in [-0.25, -0.2) is 9.97 Å². The Hall–Kier alpha value is -2.05. The average Bonchev–Trinajstić information content (AvgIpc) is 3.15. The highest BCUT2D eigenvalue weighted by molar-refractivity contribution is 5.11. The number of nitrogens with zero attached hydrogens (tertiary/aromatic N) is 4. The Morgan fingerprint density at radius 1 is 1.29 bits per heavy atom. The number of hydrogen-bond donors (Lipinski definition) is 0. The lowest BCUT2D eigenvalue weighted by Gasteiger charge is -2.23. The van der Waals surface area contributed by atoms with Gasteiger partial charge in [-0.3, -0.25) is 9.88 Å². The van der Waals surface area contributed by atoms with E-state index in [0.717, 1.165) is 43.9 Å². The van der Waals surface area contributed by atoms with Crippen LogP contribution in [0.3, 0.4) is 0 Å². The first-order chi connectivity index (χ1) is 11.7. The van der Waals surface area contributed by atoms with Gasteiger partial charge in [0.05, 0.1) is 17.9 Å². The van der Waals surface area contributed by atoms with Crippen LogP contribution in [0.1, 0.15) is 24.2 Å². The molecule has 126 valence electrons. The smallest absolute Gasteiger partial charge is 0.316 e. The van der Waals surface area contributed by atoms with Gasteiger partial charge in [-0.05, 0) is 31.5 Å². The van der Waals surface area contributed by atoms with Crippen molar-refractivity contribution in [2.24, 2.45) is 0 Å². The van der Waals surface area contributed by atoms with Gasteiger partial charge in [0.2, 0.25) is 0 Å². The standard InChI is InChI=1S/C18H22N4O2/c1-14-4-2-5-15(21-14)11-22-9-6-18(13-22)10-16(12-23-18)24-17-19-7-3-8-20-17/h2-5,7-8,16H,6,9-13H2,1H3. The van der Waals surface area contributed by atoms with Gasteiger partial charge in [0, 0.05) is 44.1 Å². The highest BCUT2D eigenvalue weighted by atomic mass is 16.6. The Balaban J connectivity index is 1.34. The van der Waals surface area contributed by atoms with Gasteiger partial charge in [0.1, 0.15) is 6.10 Å². The second-order valence-corrected chi connectivity index (χ2v) is 6.70. The predicted octanol–water partition coefficient (Wildman–Crippen LogP) is 1.99. The highest BCUT2D eigenvalue weighted by Gasteiger charge is 2.46. The molecule has 0 aliphatic carbocycles. The van der Waals surface area contributed by atoms with Crippen LogP contribution >= 0.6 is 0 Å². The SMILES string of the molecule is Cc1cccc(CN2CCC3(CC(Oc4ncccn4)CO3)C2)n1. The average molecular weight is 326 g/mol. The maximum absolute atomic E-state index is 6.14. The minimum Gasteiger partial charge on any atom is -0.458 e. The lowest BCUT2D eigenvalue weighted by molar-refractivity contribution is 0.00904. The molecule has 0 saturated carbocycles. The zero-order chi connectivity index (χ0) is 16.4. The Morgan fingerprint density at radius 2 is 2.17 bits per heavy atom. The number of likely N-dealkylation sites (tertiary alicyclic amines) is 1. The molecule has 0 bridgehead atoms. The minimum atomic E-state index is -0.0940. The maximum Gasteiger partial charge on any atom is 0.316 e. The second kappa shape index (κ2) is 6.45. The third kappa shape index (κ3) is 3.39. The first kappa shape index (κ1) is 15.5. The fourth-order valence-corrected chi connectivity index (χ4v) is 3.64. The molecule has 24 heavy (non-hydrogen) atoms. The van der Waals surface area contributed by atoms with Crippen LogP contribution < -0.4 is 4.74 Å². The van der Waals surface area contributed by atoms with E-state index in [1.807, 2.05) is 13.0 Å². The molecule has 2 aliphatic heterocycles. The van der Waals surface area contributed by atoms with E-state index in [1.165, 1.54) is 0 Å². The molecule has 4 heterocycles.